The second kappa shape index (κ2) is 8.29. The van der Waals surface area contributed by atoms with Gasteiger partial charge in [0.15, 0.2) is 0 Å². The highest BCUT2D eigenvalue weighted by Gasteiger charge is 2.16. The van der Waals surface area contributed by atoms with Gasteiger partial charge < -0.3 is 10.5 Å². The third-order valence-corrected chi connectivity index (χ3v) is 3.73. The van der Waals surface area contributed by atoms with E-state index in [1.54, 1.807) is 25.3 Å². The number of hydrogen-bond donors (Lipinski definition) is 1. The van der Waals surface area contributed by atoms with Crippen LogP contribution in [-0.2, 0) is 11.3 Å². The van der Waals surface area contributed by atoms with Crippen LogP contribution in [0.3, 0.4) is 0 Å². The van der Waals surface area contributed by atoms with Crippen LogP contribution in [0.5, 0.6) is 0 Å². The van der Waals surface area contributed by atoms with Gasteiger partial charge in [-0.05, 0) is 19.4 Å². The molecule has 1 aromatic rings. The lowest BCUT2D eigenvalue weighted by Crippen LogP contribution is -2.35. The minimum Gasteiger partial charge on any atom is -0.389 e. The Kier molecular flexibility index (Phi) is 7.05. The molecule has 0 radical (unpaired) electrons. The van der Waals surface area contributed by atoms with E-state index in [2.05, 4.69) is 18.7 Å². The number of hydrogen-bond acceptors (Lipinski definition) is 3. The molecule has 1 aromatic carbocycles. The van der Waals surface area contributed by atoms with Crippen molar-refractivity contribution in [3.05, 3.63) is 35.1 Å². The van der Waals surface area contributed by atoms with E-state index in [-0.39, 0.29) is 10.8 Å². The first-order chi connectivity index (χ1) is 9.51. The quantitative estimate of drug-likeness (QED) is 0.749. The number of ether oxygens (including phenoxy) is 1. The molecule has 0 fully saturated rings. The summed E-state index contributed by atoms with van der Waals surface area (Å²) in [5.74, 6) is -0.314. The normalized spacial score (nSPS) is 12.7. The second-order valence-corrected chi connectivity index (χ2v) is 5.30. The maximum absolute atomic E-state index is 14.3. The maximum Gasteiger partial charge on any atom is 0.137 e. The summed E-state index contributed by atoms with van der Waals surface area (Å²) in [5.41, 5.74) is 6.47. The van der Waals surface area contributed by atoms with Gasteiger partial charge in [0.1, 0.15) is 10.8 Å². The van der Waals surface area contributed by atoms with Gasteiger partial charge in [-0.2, -0.15) is 0 Å². The lowest BCUT2D eigenvalue weighted by Gasteiger charge is -2.28. The predicted molar refractivity (Wildman–Crippen MR) is 84.3 cm³/mol. The van der Waals surface area contributed by atoms with E-state index >= 15 is 0 Å². The van der Waals surface area contributed by atoms with E-state index in [1.165, 1.54) is 0 Å². The predicted octanol–water partition coefficient (Wildman–Crippen LogP) is 2.71. The van der Waals surface area contributed by atoms with E-state index in [1.807, 2.05) is 0 Å². The summed E-state index contributed by atoms with van der Waals surface area (Å²) in [4.78, 5) is 2.29. The molecule has 0 amide bonds. The Bertz CT molecular complexity index is 453. The van der Waals surface area contributed by atoms with Crippen molar-refractivity contribution >= 4 is 17.2 Å². The highest BCUT2D eigenvalue weighted by atomic mass is 32.1. The van der Waals surface area contributed by atoms with Gasteiger partial charge in [-0.15, -0.1) is 0 Å². The number of thiocarbonyl (C=S) groups is 1. The number of halogens is 1. The fourth-order valence-electron chi connectivity index (χ4n) is 2.03. The summed E-state index contributed by atoms with van der Waals surface area (Å²) in [6, 6.07) is 5.54. The Morgan fingerprint density at radius 2 is 2.20 bits per heavy atom. The van der Waals surface area contributed by atoms with Crippen LogP contribution in [0.1, 0.15) is 31.4 Å². The van der Waals surface area contributed by atoms with Crippen LogP contribution < -0.4 is 5.73 Å². The van der Waals surface area contributed by atoms with Crippen molar-refractivity contribution in [1.82, 2.24) is 4.90 Å². The third kappa shape index (κ3) is 4.51. The van der Waals surface area contributed by atoms with Gasteiger partial charge in [-0.3, -0.25) is 4.90 Å². The molecule has 0 saturated heterocycles. The van der Waals surface area contributed by atoms with Gasteiger partial charge in [0.2, 0.25) is 0 Å². The van der Waals surface area contributed by atoms with Crippen molar-refractivity contribution in [2.45, 2.75) is 32.9 Å². The Labute approximate surface area is 125 Å². The molecule has 1 atom stereocenters. The molecular weight excluding hydrogens is 275 g/mol. The topological polar surface area (TPSA) is 38.5 Å². The third-order valence-electron chi connectivity index (χ3n) is 3.51. The zero-order chi connectivity index (χ0) is 15.1. The standard InChI is InChI=1S/C15H23FN2OS/c1-4-11(2)18(8-9-19-3)10-12-6-5-7-13(14(12)16)15(17)20/h5-7,11H,4,8-10H2,1-3H3,(H2,17,20). The summed E-state index contributed by atoms with van der Waals surface area (Å²) in [6.07, 6.45) is 1.00. The van der Waals surface area contributed by atoms with Gasteiger partial charge in [0, 0.05) is 37.4 Å². The van der Waals surface area contributed by atoms with Crippen molar-refractivity contribution in [1.29, 1.82) is 0 Å². The van der Waals surface area contributed by atoms with Crippen LogP contribution in [0.4, 0.5) is 4.39 Å². The lowest BCUT2D eigenvalue weighted by molar-refractivity contribution is 0.117. The molecule has 5 heteroatoms. The van der Waals surface area contributed by atoms with Gasteiger partial charge >= 0.3 is 0 Å². The monoisotopic (exact) mass is 298 g/mol. The Hall–Kier alpha value is -1.04. The van der Waals surface area contributed by atoms with Gasteiger partial charge in [0.05, 0.1) is 6.61 Å². The average molecular weight is 298 g/mol. The molecule has 0 aliphatic carbocycles. The molecule has 1 rings (SSSR count). The summed E-state index contributed by atoms with van der Waals surface area (Å²) >= 11 is 4.87. The van der Waals surface area contributed by atoms with Crippen molar-refractivity contribution in [2.24, 2.45) is 5.73 Å². The number of methoxy groups -OCH3 is 1. The first-order valence-corrected chi connectivity index (χ1v) is 7.22. The van der Waals surface area contributed by atoms with E-state index in [0.29, 0.717) is 30.3 Å². The molecule has 1 unspecified atom stereocenters. The van der Waals surface area contributed by atoms with Gasteiger partial charge in [0.25, 0.3) is 0 Å². The highest BCUT2D eigenvalue weighted by molar-refractivity contribution is 7.80. The number of rotatable bonds is 8. The van der Waals surface area contributed by atoms with Gasteiger partial charge in [-0.1, -0.05) is 31.3 Å². The molecule has 20 heavy (non-hydrogen) atoms. The van der Waals surface area contributed by atoms with Crippen molar-refractivity contribution in [2.75, 3.05) is 20.3 Å². The SMILES string of the molecule is CCC(C)N(CCOC)Cc1cccc(C(N)=S)c1F. The highest BCUT2D eigenvalue weighted by Crippen LogP contribution is 2.17. The Morgan fingerprint density at radius 1 is 1.50 bits per heavy atom. The summed E-state index contributed by atoms with van der Waals surface area (Å²) in [5, 5.41) is 0. The van der Waals surface area contributed by atoms with E-state index < -0.39 is 0 Å². The van der Waals surface area contributed by atoms with Crippen molar-refractivity contribution in [3.63, 3.8) is 0 Å². The fourth-order valence-corrected chi connectivity index (χ4v) is 2.19. The van der Waals surface area contributed by atoms with Crippen LogP contribution in [0.2, 0.25) is 0 Å². The summed E-state index contributed by atoms with van der Waals surface area (Å²) in [6.45, 7) is 6.17. The lowest BCUT2D eigenvalue weighted by atomic mass is 10.1. The molecule has 0 heterocycles. The first kappa shape index (κ1) is 17.0. The van der Waals surface area contributed by atoms with Crippen LogP contribution in [0.25, 0.3) is 0 Å². The molecule has 3 nitrogen and oxygen atoms in total. The number of benzene rings is 1. The smallest absolute Gasteiger partial charge is 0.137 e. The second-order valence-electron chi connectivity index (χ2n) is 4.86. The molecule has 112 valence electrons. The number of nitrogens with zero attached hydrogens (tertiary/aromatic N) is 1. The van der Waals surface area contributed by atoms with Crippen LogP contribution in [0, 0.1) is 5.82 Å². The molecule has 0 bridgehead atoms. The van der Waals surface area contributed by atoms with Crippen LogP contribution >= 0.6 is 12.2 Å². The van der Waals surface area contributed by atoms with E-state index in [0.717, 1.165) is 13.0 Å². The van der Waals surface area contributed by atoms with E-state index in [4.69, 9.17) is 22.7 Å². The molecule has 0 aromatic heterocycles. The first-order valence-electron chi connectivity index (χ1n) is 6.81. The van der Waals surface area contributed by atoms with Crippen LogP contribution in [-0.4, -0.2) is 36.2 Å². The minimum atomic E-state index is -0.314. The van der Waals surface area contributed by atoms with Crippen molar-refractivity contribution < 1.29 is 9.13 Å². The molecule has 0 saturated carbocycles. The molecule has 2 N–H and O–H groups in total. The Balaban J connectivity index is 2.93. The number of nitrogens with two attached hydrogens (primary N) is 1. The zero-order valence-corrected chi connectivity index (χ0v) is 13.2. The molecular formula is C15H23FN2OS. The van der Waals surface area contributed by atoms with E-state index in [9.17, 15) is 4.39 Å². The van der Waals surface area contributed by atoms with Crippen molar-refractivity contribution in [3.8, 4) is 0 Å². The fraction of sp³-hybridized carbons (Fsp3) is 0.533. The molecule has 0 spiro atoms. The maximum atomic E-state index is 14.3. The molecule has 0 aliphatic rings. The zero-order valence-electron chi connectivity index (χ0n) is 12.4. The molecule has 0 aliphatic heterocycles. The van der Waals surface area contributed by atoms with Gasteiger partial charge in [-0.25, -0.2) is 4.39 Å². The van der Waals surface area contributed by atoms with Crippen LogP contribution in [0.15, 0.2) is 18.2 Å². The summed E-state index contributed by atoms with van der Waals surface area (Å²) in [7, 11) is 1.67. The largest absolute Gasteiger partial charge is 0.389 e. The average Bonchev–Trinajstić information content (AvgIpc) is 2.43. The summed E-state index contributed by atoms with van der Waals surface area (Å²) < 4.78 is 19.5. The Morgan fingerprint density at radius 3 is 2.75 bits per heavy atom. The minimum absolute atomic E-state index is 0.0938.